The van der Waals surface area contributed by atoms with Crippen molar-refractivity contribution < 1.29 is 13.2 Å². The maximum absolute atomic E-state index is 12.3. The number of pyridine rings is 2. The summed E-state index contributed by atoms with van der Waals surface area (Å²) in [6, 6.07) is 6.07. The van der Waals surface area contributed by atoms with Gasteiger partial charge in [0.05, 0.1) is 17.8 Å². The van der Waals surface area contributed by atoms with Crippen molar-refractivity contribution in [3.63, 3.8) is 0 Å². The fraction of sp³-hybridized carbons (Fsp3) is 0.0833. The summed E-state index contributed by atoms with van der Waals surface area (Å²) >= 11 is 0. The molecule has 7 nitrogen and oxygen atoms in total. The molecule has 20 heavy (non-hydrogen) atoms. The highest BCUT2D eigenvalue weighted by Crippen LogP contribution is 2.29. The lowest BCUT2D eigenvalue weighted by Gasteiger charge is -2.14. The first kappa shape index (κ1) is 12.5. The predicted molar refractivity (Wildman–Crippen MR) is 69.9 cm³/mol. The van der Waals surface area contributed by atoms with Gasteiger partial charge in [-0.2, -0.15) is 8.42 Å². The number of fused-ring (bicyclic) bond motifs is 1. The molecule has 0 aromatic carbocycles. The number of rotatable bonds is 2. The van der Waals surface area contributed by atoms with Crippen molar-refractivity contribution >= 4 is 21.6 Å². The van der Waals surface area contributed by atoms with E-state index in [4.69, 9.17) is 5.73 Å². The zero-order chi connectivity index (χ0) is 14.3. The summed E-state index contributed by atoms with van der Waals surface area (Å²) < 4.78 is 25.3. The zero-order valence-corrected chi connectivity index (χ0v) is 11.0. The van der Waals surface area contributed by atoms with Gasteiger partial charge >= 0.3 is 0 Å². The normalized spacial score (nSPS) is 16.2. The van der Waals surface area contributed by atoms with Crippen LogP contribution in [-0.2, 0) is 16.6 Å². The van der Waals surface area contributed by atoms with Crippen molar-refractivity contribution in [2.75, 3.05) is 5.73 Å². The second-order valence-electron chi connectivity index (χ2n) is 4.25. The zero-order valence-electron chi connectivity index (χ0n) is 10.2. The molecule has 0 spiro atoms. The number of nitrogens with two attached hydrogens (primary N) is 1. The van der Waals surface area contributed by atoms with Gasteiger partial charge in [-0.3, -0.25) is 9.78 Å². The van der Waals surface area contributed by atoms with E-state index in [1.165, 1.54) is 30.6 Å². The van der Waals surface area contributed by atoms with Gasteiger partial charge in [-0.15, -0.1) is 0 Å². The van der Waals surface area contributed by atoms with Crippen molar-refractivity contribution in [2.45, 2.75) is 11.6 Å². The lowest BCUT2D eigenvalue weighted by atomic mass is 10.2. The Morgan fingerprint density at radius 3 is 2.70 bits per heavy atom. The van der Waals surface area contributed by atoms with Gasteiger partial charge in [0.1, 0.15) is 0 Å². The Kier molecular flexibility index (Phi) is 2.68. The standard InChI is InChI=1S/C12H10N4O3S/c13-8-3-5-14-9(6-8)7-16-12(17)10-2-1-4-15-11(10)20(16,18)19/h1-6H,7H2,(H2,13,14). The molecule has 1 amide bonds. The van der Waals surface area contributed by atoms with E-state index in [-0.39, 0.29) is 17.1 Å². The third-order valence-electron chi connectivity index (χ3n) is 2.91. The van der Waals surface area contributed by atoms with E-state index in [1.807, 2.05) is 0 Å². The minimum Gasteiger partial charge on any atom is -0.399 e. The first-order chi connectivity index (χ1) is 9.50. The lowest BCUT2D eigenvalue weighted by molar-refractivity contribution is 0.0863. The molecule has 0 saturated carbocycles. The van der Waals surface area contributed by atoms with Gasteiger partial charge in [-0.25, -0.2) is 9.29 Å². The van der Waals surface area contributed by atoms with Gasteiger partial charge in [0, 0.05) is 18.1 Å². The molecule has 2 N–H and O–H groups in total. The Morgan fingerprint density at radius 1 is 1.20 bits per heavy atom. The molecule has 0 saturated heterocycles. The van der Waals surface area contributed by atoms with Gasteiger partial charge in [-0.1, -0.05) is 0 Å². The molecule has 2 aromatic rings. The molecular formula is C12H10N4O3S. The molecule has 0 radical (unpaired) electrons. The summed E-state index contributed by atoms with van der Waals surface area (Å²) in [5.41, 5.74) is 6.55. The third-order valence-corrected chi connectivity index (χ3v) is 4.60. The van der Waals surface area contributed by atoms with Crippen LogP contribution in [-0.4, -0.2) is 28.6 Å². The van der Waals surface area contributed by atoms with Crippen LogP contribution in [0.15, 0.2) is 41.7 Å². The number of carbonyl (C=O) groups is 1. The number of carbonyl (C=O) groups excluding carboxylic acids is 1. The largest absolute Gasteiger partial charge is 0.399 e. The Bertz CT molecular complexity index is 804. The Morgan fingerprint density at radius 2 is 2.00 bits per heavy atom. The number of amides is 1. The highest BCUT2D eigenvalue weighted by Gasteiger charge is 2.42. The highest BCUT2D eigenvalue weighted by atomic mass is 32.2. The summed E-state index contributed by atoms with van der Waals surface area (Å²) in [5.74, 6) is -0.600. The van der Waals surface area contributed by atoms with Crippen LogP contribution in [0.25, 0.3) is 0 Å². The van der Waals surface area contributed by atoms with Crippen LogP contribution in [0.2, 0.25) is 0 Å². The molecule has 1 aliphatic heterocycles. The predicted octanol–water partition coefficient (Wildman–Crippen LogP) is 0.403. The number of hydrogen-bond donors (Lipinski definition) is 1. The van der Waals surface area contributed by atoms with E-state index in [0.717, 1.165) is 4.31 Å². The first-order valence-corrected chi connectivity index (χ1v) is 7.16. The average Bonchev–Trinajstić information content (AvgIpc) is 2.61. The second-order valence-corrected chi connectivity index (χ2v) is 6.03. The van der Waals surface area contributed by atoms with Crippen LogP contribution in [0.5, 0.6) is 0 Å². The Hall–Kier alpha value is -2.48. The Labute approximate surface area is 115 Å². The van der Waals surface area contributed by atoms with Gasteiger partial charge in [0.25, 0.3) is 15.9 Å². The van der Waals surface area contributed by atoms with Crippen LogP contribution >= 0.6 is 0 Å². The molecule has 1 aliphatic rings. The summed E-state index contributed by atoms with van der Waals surface area (Å²) in [6.45, 7) is -0.164. The van der Waals surface area contributed by atoms with Crippen molar-refractivity contribution in [3.05, 3.63) is 47.9 Å². The summed E-state index contributed by atoms with van der Waals surface area (Å²) in [6.07, 6.45) is 2.80. The maximum Gasteiger partial charge on any atom is 0.285 e. The first-order valence-electron chi connectivity index (χ1n) is 5.72. The molecule has 2 aromatic heterocycles. The van der Waals surface area contributed by atoms with Crippen molar-refractivity contribution in [1.29, 1.82) is 0 Å². The molecule has 102 valence electrons. The molecule has 0 atom stereocenters. The van der Waals surface area contributed by atoms with Crippen LogP contribution in [0.4, 0.5) is 5.69 Å². The molecule has 0 bridgehead atoms. The number of anilines is 1. The van der Waals surface area contributed by atoms with Crippen molar-refractivity contribution in [3.8, 4) is 0 Å². The number of aromatic nitrogens is 2. The fourth-order valence-electron chi connectivity index (χ4n) is 1.99. The van der Waals surface area contributed by atoms with Crippen LogP contribution in [0.3, 0.4) is 0 Å². The van der Waals surface area contributed by atoms with E-state index in [9.17, 15) is 13.2 Å². The quantitative estimate of drug-likeness (QED) is 0.858. The number of sulfonamides is 1. The SMILES string of the molecule is Nc1ccnc(CN2C(=O)c3cccnc3S2(=O)=O)c1. The van der Waals surface area contributed by atoms with Gasteiger partial charge in [-0.05, 0) is 24.3 Å². The molecule has 3 rings (SSSR count). The summed E-state index contributed by atoms with van der Waals surface area (Å²) in [4.78, 5) is 19.9. The highest BCUT2D eigenvalue weighted by molar-refractivity contribution is 7.90. The van der Waals surface area contributed by atoms with Crippen LogP contribution in [0.1, 0.15) is 16.1 Å². The topological polar surface area (TPSA) is 106 Å². The summed E-state index contributed by atoms with van der Waals surface area (Å²) in [7, 11) is -3.91. The van der Waals surface area contributed by atoms with E-state index in [0.29, 0.717) is 11.4 Å². The van der Waals surface area contributed by atoms with Crippen molar-refractivity contribution in [1.82, 2.24) is 14.3 Å². The monoisotopic (exact) mass is 290 g/mol. The minimum absolute atomic E-state index is 0.0800. The maximum atomic E-state index is 12.3. The minimum atomic E-state index is -3.91. The Balaban J connectivity index is 2.03. The second kappa shape index (κ2) is 4.27. The number of nitrogens with zero attached hydrogens (tertiary/aromatic N) is 3. The molecular weight excluding hydrogens is 280 g/mol. The molecule has 3 heterocycles. The van der Waals surface area contributed by atoms with Crippen LogP contribution in [0, 0.1) is 0 Å². The molecule has 0 unspecified atom stereocenters. The smallest absolute Gasteiger partial charge is 0.285 e. The molecule has 0 fully saturated rings. The number of nitrogen functional groups attached to an aromatic ring is 1. The lowest BCUT2D eigenvalue weighted by Crippen LogP contribution is -2.30. The molecule has 8 heteroatoms. The van der Waals surface area contributed by atoms with Gasteiger partial charge < -0.3 is 5.73 Å². The van der Waals surface area contributed by atoms with Gasteiger partial charge in [0.2, 0.25) is 0 Å². The molecule has 0 aliphatic carbocycles. The van der Waals surface area contributed by atoms with E-state index in [2.05, 4.69) is 9.97 Å². The van der Waals surface area contributed by atoms with E-state index in [1.54, 1.807) is 6.07 Å². The van der Waals surface area contributed by atoms with Crippen LogP contribution < -0.4 is 5.73 Å². The van der Waals surface area contributed by atoms with E-state index >= 15 is 0 Å². The average molecular weight is 290 g/mol. The van der Waals surface area contributed by atoms with Crippen molar-refractivity contribution in [2.24, 2.45) is 0 Å². The third kappa shape index (κ3) is 1.81. The number of hydrogen-bond acceptors (Lipinski definition) is 6. The fourth-order valence-corrected chi connectivity index (χ4v) is 3.45. The van der Waals surface area contributed by atoms with E-state index < -0.39 is 15.9 Å². The summed E-state index contributed by atoms with van der Waals surface area (Å²) in [5, 5.41) is -0.214. The van der Waals surface area contributed by atoms with Gasteiger partial charge in [0.15, 0.2) is 5.03 Å².